The number of aliphatic carboxylic acids is 1. The van der Waals surface area contributed by atoms with E-state index in [1.165, 1.54) is 0 Å². The van der Waals surface area contributed by atoms with Crippen molar-refractivity contribution in [2.45, 2.75) is 19.4 Å². The highest BCUT2D eigenvalue weighted by Gasteiger charge is 2.28. The molecule has 1 N–H and O–H groups in total. The first-order chi connectivity index (χ1) is 9.67. The number of piperazine rings is 1. The topological polar surface area (TPSA) is 53.0 Å². The second-order valence-electron chi connectivity index (χ2n) is 4.96. The lowest BCUT2D eigenvalue weighted by molar-refractivity contribution is -0.143. The van der Waals surface area contributed by atoms with E-state index in [-0.39, 0.29) is 6.04 Å². The molecule has 0 unspecified atom stereocenters. The fourth-order valence-corrected chi connectivity index (χ4v) is 2.75. The molecule has 1 aromatic rings. The number of carbonyl (C=O) groups is 1. The molecule has 0 radical (unpaired) electrons. The van der Waals surface area contributed by atoms with E-state index in [1.54, 1.807) is 7.11 Å². The summed E-state index contributed by atoms with van der Waals surface area (Å²) in [4.78, 5) is 15.5. The van der Waals surface area contributed by atoms with Gasteiger partial charge in [-0.3, -0.25) is 9.69 Å². The summed E-state index contributed by atoms with van der Waals surface area (Å²) in [6, 6.07) is 7.58. The molecule has 5 nitrogen and oxygen atoms in total. The lowest BCUT2D eigenvalue weighted by Gasteiger charge is -2.38. The van der Waals surface area contributed by atoms with Gasteiger partial charge in [0.2, 0.25) is 0 Å². The maximum Gasteiger partial charge on any atom is 0.320 e. The molecule has 1 fully saturated rings. The fraction of sp³-hybridized carbons (Fsp3) is 0.533. The Labute approximate surface area is 119 Å². The molecular formula is C15H22N2O3. The quantitative estimate of drug-likeness (QED) is 0.888. The molecule has 110 valence electrons. The van der Waals surface area contributed by atoms with Crippen LogP contribution in [0.15, 0.2) is 24.3 Å². The summed E-state index contributed by atoms with van der Waals surface area (Å²) in [7, 11) is 1.67. The molecule has 1 aliphatic heterocycles. The number of benzene rings is 1. The Morgan fingerprint density at radius 3 is 2.50 bits per heavy atom. The summed E-state index contributed by atoms with van der Waals surface area (Å²) in [6.45, 7) is 5.10. The summed E-state index contributed by atoms with van der Waals surface area (Å²) in [5, 5.41) is 9.22. The largest absolute Gasteiger partial charge is 0.495 e. The van der Waals surface area contributed by atoms with Crippen molar-refractivity contribution in [2.24, 2.45) is 0 Å². The Morgan fingerprint density at radius 2 is 1.95 bits per heavy atom. The van der Waals surface area contributed by atoms with Crippen LogP contribution in [0.25, 0.3) is 0 Å². The first kappa shape index (κ1) is 14.7. The molecule has 2 rings (SSSR count). The smallest absolute Gasteiger partial charge is 0.320 e. The zero-order chi connectivity index (χ0) is 14.5. The molecule has 5 heteroatoms. The van der Waals surface area contributed by atoms with Gasteiger partial charge in [0.15, 0.2) is 0 Å². The maximum absolute atomic E-state index is 11.2. The molecule has 0 bridgehead atoms. The fourth-order valence-electron chi connectivity index (χ4n) is 2.75. The highest BCUT2D eigenvalue weighted by Crippen LogP contribution is 2.28. The second-order valence-corrected chi connectivity index (χ2v) is 4.96. The van der Waals surface area contributed by atoms with Crippen LogP contribution in [0, 0.1) is 0 Å². The van der Waals surface area contributed by atoms with E-state index in [9.17, 15) is 9.90 Å². The van der Waals surface area contributed by atoms with Gasteiger partial charge >= 0.3 is 5.97 Å². The van der Waals surface area contributed by atoms with Crippen molar-refractivity contribution in [1.82, 2.24) is 4.90 Å². The van der Waals surface area contributed by atoms with Crippen LogP contribution < -0.4 is 9.64 Å². The number of nitrogens with zero attached hydrogens (tertiary/aromatic N) is 2. The molecule has 1 aromatic carbocycles. The monoisotopic (exact) mass is 278 g/mol. The van der Waals surface area contributed by atoms with Crippen LogP contribution in [0.3, 0.4) is 0 Å². The van der Waals surface area contributed by atoms with Crippen LogP contribution in [0.2, 0.25) is 0 Å². The standard InChI is InChI=1S/C15H22N2O3/c1-3-12(15(18)19)16-8-10-17(11-9-16)13-6-4-5-7-14(13)20-2/h4-7,12H,3,8-11H2,1-2H3,(H,18,19)/t12-/m0/s1. The molecular weight excluding hydrogens is 256 g/mol. The number of anilines is 1. The SMILES string of the molecule is CC[C@@H](C(=O)O)N1CCN(c2ccccc2OC)CC1. The zero-order valence-electron chi connectivity index (χ0n) is 12.1. The molecule has 20 heavy (non-hydrogen) atoms. The highest BCUT2D eigenvalue weighted by atomic mass is 16.5. The van der Waals surface area contributed by atoms with E-state index in [4.69, 9.17) is 4.74 Å². The van der Waals surface area contributed by atoms with Gasteiger partial charge in [-0.05, 0) is 18.6 Å². The summed E-state index contributed by atoms with van der Waals surface area (Å²) in [6.07, 6.45) is 0.643. The number of carboxylic acids is 1. The van der Waals surface area contributed by atoms with Crippen LogP contribution in [0.4, 0.5) is 5.69 Å². The van der Waals surface area contributed by atoms with Crippen LogP contribution in [0.5, 0.6) is 5.75 Å². The Bertz CT molecular complexity index is 456. The van der Waals surface area contributed by atoms with E-state index < -0.39 is 5.97 Å². The lowest BCUT2D eigenvalue weighted by atomic mass is 10.1. The third kappa shape index (κ3) is 3.04. The minimum absolute atomic E-state index is 0.366. The lowest BCUT2D eigenvalue weighted by Crippen LogP contribution is -2.52. The number of ether oxygens (including phenoxy) is 1. The van der Waals surface area contributed by atoms with Gasteiger partial charge in [0, 0.05) is 26.2 Å². The predicted octanol–water partition coefficient (Wildman–Crippen LogP) is 1.68. The van der Waals surface area contributed by atoms with Gasteiger partial charge in [0.05, 0.1) is 12.8 Å². The summed E-state index contributed by atoms with van der Waals surface area (Å²) in [5.41, 5.74) is 1.08. The third-order valence-electron chi connectivity index (χ3n) is 3.85. The molecule has 0 saturated carbocycles. The van der Waals surface area contributed by atoms with Crippen molar-refractivity contribution in [3.63, 3.8) is 0 Å². The van der Waals surface area contributed by atoms with Gasteiger partial charge in [-0.1, -0.05) is 19.1 Å². The molecule has 1 saturated heterocycles. The summed E-state index contributed by atoms with van der Waals surface area (Å²) in [5.74, 6) is 0.143. The predicted molar refractivity (Wildman–Crippen MR) is 78.5 cm³/mol. The average molecular weight is 278 g/mol. The molecule has 1 aliphatic rings. The minimum Gasteiger partial charge on any atom is -0.495 e. The van der Waals surface area contributed by atoms with Gasteiger partial charge in [-0.2, -0.15) is 0 Å². The van der Waals surface area contributed by atoms with Gasteiger partial charge in [-0.15, -0.1) is 0 Å². The van der Waals surface area contributed by atoms with E-state index in [2.05, 4.69) is 4.90 Å². The molecule has 1 atom stereocenters. The Morgan fingerprint density at radius 1 is 1.30 bits per heavy atom. The second kappa shape index (κ2) is 6.61. The van der Waals surface area contributed by atoms with Crippen LogP contribution in [-0.2, 0) is 4.79 Å². The van der Waals surface area contributed by atoms with E-state index in [1.807, 2.05) is 36.1 Å². The summed E-state index contributed by atoms with van der Waals surface area (Å²) < 4.78 is 5.38. The first-order valence-electron chi connectivity index (χ1n) is 7.02. The number of hydrogen-bond acceptors (Lipinski definition) is 4. The van der Waals surface area contributed by atoms with E-state index in [0.29, 0.717) is 6.42 Å². The number of carboxylic acid groups (broad SMARTS) is 1. The van der Waals surface area contributed by atoms with Crippen LogP contribution in [0.1, 0.15) is 13.3 Å². The normalized spacial score (nSPS) is 17.8. The number of methoxy groups -OCH3 is 1. The van der Waals surface area contributed by atoms with Crippen LogP contribution >= 0.6 is 0 Å². The number of para-hydroxylation sites is 2. The number of hydrogen-bond donors (Lipinski definition) is 1. The van der Waals surface area contributed by atoms with Gasteiger partial charge in [0.1, 0.15) is 11.8 Å². The van der Waals surface area contributed by atoms with E-state index in [0.717, 1.165) is 37.6 Å². The van der Waals surface area contributed by atoms with Crippen molar-refractivity contribution in [3.8, 4) is 5.75 Å². The van der Waals surface area contributed by atoms with Gasteiger partial charge in [0.25, 0.3) is 0 Å². The van der Waals surface area contributed by atoms with Crippen LogP contribution in [-0.4, -0.2) is 55.3 Å². The van der Waals surface area contributed by atoms with Crippen molar-refractivity contribution in [2.75, 3.05) is 38.2 Å². The molecule has 0 aliphatic carbocycles. The van der Waals surface area contributed by atoms with Crippen molar-refractivity contribution >= 4 is 11.7 Å². The molecule has 1 heterocycles. The third-order valence-corrected chi connectivity index (χ3v) is 3.85. The highest BCUT2D eigenvalue weighted by molar-refractivity contribution is 5.73. The molecule has 0 aromatic heterocycles. The number of rotatable bonds is 5. The Balaban J connectivity index is 2.02. The zero-order valence-corrected chi connectivity index (χ0v) is 12.1. The Hall–Kier alpha value is -1.75. The van der Waals surface area contributed by atoms with Gasteiger partial charge < -0.3 is 14.7 Å². The minimum atomic E-state index is -0.724. The first-order valence-corrected chi connectivity index (χ1v) is 7.02. The van der Waals surface area contributed by atoms with Crippen molar-refractivity contribution in [3.05, 3.63) is 24.3 Å². The summed E-state index contributed by atoms with van der Waals surface area (Å²) >= 11 is 0. The van der Waals surface area contributed by atoms with Gasteiger partial charge in [-0.25, -0.2) is 0 Å². The molecule has 0 spiro atoms. The Kier molecular flexibility index (Phi) is 4.84. The van der Waals surface area contributed by atoms with Crippen molar-refractivity contribution < 1.29 is 14.6 Å². The van der Waals surface area contributed by atoms with E-state index >= 15 is 0 Å². The van der Waals surface area contributed by atoms with Crippen molar-refractivity contribution in [1.29, 1.82) is 0 Å². The average Bonchev–Trinajstić information content (AvgIpc) is 2.48. The maximum atomic E-state index is 11.2. The molecule has 0 amide bonds.